The number of aryl methyl sites for hydroxylation is 1. The number of carbonyl (C=O) groups is 1. The van der Waals surface area contributed by atoms with Crippen molar-refractivity contribution in [2.45, 2.75) is 24.4 Å². The number of esters is 1. The molecule has 6 heteroatoms. The third kappa shape index (κ3) is 2.59. The van der Waals surface area contributed by atoms with Crippen LogP contribution < -0.4 is 0 Å². The second-order valence-electron chi connectivity index (χ2n) is 3.55. The van der Waals surface area contributed by atoms with E-state index in [4.69, 9.17) is 4.42 Å². The van der Waals surface area contributed by atoms with Gasteiger partial charge in [0, 0.05) is 30.3 Å². The van der Waals surface area contributed by atoms with Gasteiger partial charge in [-0.15, -0.1) is 0 Å². The summed E-state index contributed by atoms with van der Waals surface area (Å²) >= 11 is 1.56. The standard InChI is InChI=1S/C12H14N2O3S/c1-3-14-6-5-13-12(14)18-8-9-4-7-17-10(9)11(15)16-2/h4-7H,3,8H2,1-2H3. The Morgan fingerprint density at radius 1 is 1.61 bits per heavy atom. The average Bonchev–Trinajstić information content (AvgIpc) is 3.03. The van der Waals surface area contributed by atoms with Gasteiger partial charge in [-0.3, -0.25) is 0 Å². The molecule has 0 spiro atoms. The number of hydrogen-bond donors (Lipinski definition) is 0. The Bertz CT molecular complexity index is 533. The number of carbonyl (C=O) groups excluding carboxylic acids is 1. The van der Waals surface area contributed by atoms with Crippen molar-refractivity contribution in [2.75, 3.05) is 7.11 Å². The summed E-state index contributed by atoms with van der Waals surface area (Å²) in [4.78, 5) is 15.7. The predicted octanol–water partition coefficient (Wildman–Crippen LogP) is 2.57. The van der Waals surface area contributed by atoms with Gasteiger partial charge in [-0.2, -0.15) is 0 Å². The minimum absolute atomic E-state index is 0.264. The highest BCUT2D eigenvalue weighted by Gasteiger charge is 2.16. The fourth-order valence-electron chi connectivity index (χ4n) is 1.54. The van der Waals surface area contributed by atoms with Crippen molar-refractivity contribution in [2.24, 2.45) is 0 Å². The van der Waals surface area contributed by atoms with Gasteiger partial charge >= 0.3 is 5.97 Å². The molecule has 0 fully saturated rings. The van der Waals surface area contributed by atoms with E-state index in [9.17, 15) is 4.79 Å². The van der Waals surface area contributed by atoms with E-state index < -0.39 is 5.97 Å². The van der Waals surface area contributed by atoms with Crippen molar-refractivity contribution in [3.63, 3.8) is 0 Å². The SMILES string of the molecule is CCn1ccnc1SCc1ccoc1C(=O)OC. The van der Waals surface area contributed by atoms with Gasteiger partial charge in [0.2, 0.25) is 5.76 Å². The number of hydrogen-bond acceptors (Lipinski definition) is 5. The molecule has 0 saturated carbocycles. The lowest BCUT2D eigenvalue weighted by molar-refractivity contribution is 0.0564. The summed E-state index contributed by atoms with van der Waals surface area (Å²) in [5.41, 5.74) is 0.817. The molecule has 0 unspecified atom stereocenters. The third-order valence-corrected chi connectivity index (χ3v) is 3.55. The fourth-order valence-corrected chi connectivity index (χ4v) is 2.54. The minimum atomic E-state index is -0.450. The van der Waals surface area contributed by atoms with Crippen molar-refractivity contribution >= 4 is 17.7 Å². The Morgan fingerprint density at radius 3 is 3.17 bits per heavy atom. The number of ether oxygens (including phenoxy) is 1. The van der Waals surface area contributed by atoms with E-state index in [0.717, 1.165) is 17.3 Å². The van der Waals surface area contributed by atoms with E-state index >= 15 is 0 Å². The summed E-state index contributed by atoms with van der Waals surface area (Å²) in [6, 6.07) is 1.78. The van der Waals surface area contributed by atoms with E-state index in [-0.39, 0.29) is 5.76 Å². The summed E-state index contributed by atoms with van der Waals surface area (Å²) in [6.45, 7) is 2.93. The van der Waals surface area contributed by atoms with Crippen LogP contribution in [0.4, 0.5) is 0 Å². The van der Waals surface area contributed by atoms with Crippen molar-refractivity contribution in [3.8, 4) is 0 Å². The first kappa shape index (κ1) is 12.8. The molecule has 2 aromatic rings. The molecule has 2 heterocycles. The maximum absolute atomic E-state index is 11.4. The van der Waals surface area contributed by atoms with Crippen molar-refractivity contribution in [3.05, 3.63) is 36.0 Å². The largest absolute Gasteiger partial charge is 0.463 e. The van der Waals surface area contributed by atoms with Crippen LogP contribution in [0.5, 0.6) is 0 Å². The normalized spacial score (nSPS) is 10.6. The zero-order chi connectivity index (χ0) is 13.0. The predicted molar refractivity (Wildman–Crippen MR) is 67.5 cm³/mol. The maximum Gasteiger partial charge on any atom is 0.374 e. The Labute approximate surface area is 109 Å². The van der Waals surface area contributed by atoms with Gasteiger partial charge in [-0.1, -0.05) is 11.8 Å². The zero-order valence-corrected chi connectivity index (χ0v) is 11.1. The molecule has 0 saturated heterocycles. The van der Waals surface area contributed by atoms with Gasteiger partial charge in [-0.05, 0) is 13.0 Å². The van der Waals surface area contributed by atoms with Crippen LogP contribution in [0.3, 0.4) is 0 Å². The van der Waals surface area contributed by atoms with Crippen LogP contribution in [-0.4, -0.2) is 22.6 Å². The molecule has 0 atom stereocenters. The Kier molecular flexibility index (Phi) is 4.09. The van der Waals surface area contributed by atoms with Crippen molar-refractivity contribution in [1.29, 1.82) is 0 Å². The second-order valence-corrected chi connectivity index (χ2v) is 4.49. The van der Waals surface area contributed by atoms with Crippen LogP contribution in [-0.2, 0) is 17.0 Å². The fraction of sp³-hybridized carbons (Fsp3) is 0.333. The van der Waals surface area contributed by atoms with Crippen LogP contribution in [0.15, 0.2) is 34.3 Å². The summed E-state index contributed by atoms with van der Waals surface area (Å²) in [7, 11) is 1.34. The molecule has 18 heavy (non-hydrogen) atoms. The van der Waals surface area contributed by atoms with E-state index in [1.165, 1.54) is 13.4 Å². The monoisotopic (exact) mass is 266 g/mol. The smallest absolute Gasteiger partial charge is 0.374 e. The van der Waals surface area contributed by atoms with Crippen LogP contribution in [0.1, 0.15) is 23.0 Å². The number of methoxy groups -OCH3 is 1. The molecule has 0 aliphatic heterocycles. The zero-order valence-electron chi connectivity index (χ0n) is 10.3. The third-order valence-electron chi connectivity index (χ3n) is 2.49. The highest BCUT2D eigenvalue weighted by atomic mass is 32.2. The van der Waals surface area contributed by atoms with Crippen LogP contribution in [0.2, 0.25) is 0 Å². The lowest BCUT2D eigenvalue weighted by Gasteiger charge is -2.04. The molecule has 0 aliphatic carbocycles. The first-order valence-electron chi connectivity index (χ1n) is 5.54. The molecule has 2 rings (SSSR count). The first-order chi connectivity index (χ1) is 8.76. The van der Waals surface area contributed by atoms with Gasteiger partial charge in [-0.25, -0.2) is 9.78 Å². The summed E-state index contributed by atoms with van der Waals surface area (Å²) in [5.74, 6) is 0.437. The molecular formula is C12H14N2O3S. The van der Waals surface area contributed by atoms with Crippen LogP contribution in [0, 0.1) is 0 Å². The molecule has 0 amide bonds. The molecule has 0 bridgehead atoms. The molecular weight excluding hydrogens is 252 g/mol. The van der Waals surface area contributed by atoms with Crippen molar-refractivity contribution < 1.29 is 13.9 Å². The number of rotatable bonds is 5. The van der Waals surface area contributed by atoms with E-state index in [2.05, 4.69) is 16.6 Å². The molecule has 0 aliphatic rings. The highest BCUT2D eigenvalue weighted by molar-refractivity contribution is 7.98. The van der Waals surface area contributed by atoms with Crippen LogP contribution in [0.25, 0.3) is 0 Å². The molecule has 5 nitrogen and oxygen atoms in total. The number of furan rings is 1. The van der Waals surface area contributed by atoms with Gasteiger partial charge in [0.05, 0.1) is 13.4 Å². The lowest BCUT2D eigenvalue weighted by Crippen LogP contribution is -2.02. The molecule has 0 aromatic carbocycles. The number of nitrogens with zero attached hydrogens (tertiary/aromatic N) is 2. The second kappa shape index (κ2) is 5.77. The Morgan fingerprint density at radius 2 is 2.44 bits per heavy atom. The first-order valence-corrected chi connectivity index (χ1v) is 6.53. The van der Waals surface area contributed by atoms with Gasteiger partial charge < -0.3 is 13.7 Å². The number of aromatic nitrogens is 2. The van der Waals surface area contributed by atoms with Gasteiger partial charge in [0.15, 0.2) is 5.16 Å². The average molecular weight is 266 g/mol. The Balaban J connectivity index is 2.07. The van der Waals surface area contributed by atoms with Crippen molar-refractivity contribution in [1.82, 2.24) is 9.55 Å². The molecule has 2 aromatic heterocycles. The van der Waals surface area contributed by atoms with E-state index in [1.54, 1.807) is 24.0 Å². The summed E-state index contributed by atoms with van der Waals surface area (Å²) in [6.07, 6.45) is 5.19. The number of imidazole rings is 1. The highest BCUT2D eigenvalue weighted by Crippen LogP contribution is 2.24. The molecule has 0 N–H and O–H groups in total. The maximum atomic E-state index is 11.4. The summed E-state index contributed by atoms with van der Waals surface area (Å²) < 4.78 is 11.8. The van der Waals surface area contributed by atoms with E-state index in [0.29, 0.717) is 5.75 Å². The topological polar surface area (TPSA) is 57.3 Å². The lowest BCUT2D eigenvalue weighted by atomic mass is 10.3. The minimum Gasteiger partial charge on any atom is -0.463 e. The molecule has 0 radical (unpaired) electrons. The quantitative estimate of drug-likeness (QED) is 0.615. The number of thioether (sulfide) groups is 1. The van der Waals surface area contributed by atoms with Gasteiger partial charge in [0.1, 0.15) is 0 Å². The Hall–Kier alpha value is -1.69. The van der Waals surface area contributed by atoms with E-state index in [1.807, 2.05) is 10.8 Å². The molecule has 96 valence electrons. The van der Waals surface area contributed by atoms with Gasteiger partial charge in [0.25, 0.3) is 0 Å². The van der Waals surface area contributed by atoms with Crippen LogP contribution >= 0.6 is 11.8 Å². The summed E-state index contributed by atoms with van der Waals surface area (Å²) in [5, 5.41) is 0.925.